The van der Waals surface area contributed by atoms with Gasteiger partial charge in [-0.1, -0.05) is 24.3 Å². The Balaban J connectivity index is 1.57. The molecule has 0 amide bonds. The number of hydrogen-bond acceptors (Lipinski definition) is 6. The molecule has 0 spiro atoms. The van der Waals surface area contributed by atoms with Gasteiger partial charge in [-0.15, -0.1) is 0 Å². The van der Waals surface area contributed by atoms with Crippen LogP contribution in [-0.4, -0.2) is 13.1 Å². The second-order valence-electron chi connectivity index (χ2n) is 6.91. The fraction of sp³-hybridized carbons (Fsp3) is 0.0400. The molecular formula is C25H16O6. The van der Waals surface area contributed by atoms with Crippen LogP contribution in [0.4, 0.5) is 0 Å². The largest absolute Gasteiger partial charge is 0.497 e. The Morgan fingerprint density at radius 1 is 0.806 bits per heavy atom. The maximum absolute atomic E-state index is 12.6. The fourth-order valence-corrected chi connectivity index (χ4v) is 3.44. The van der Waals surface area contributed by atoms with Crippen molar-refractivity contribution in [1.82, 2.24) is 0 Å². The predicted octanol–water partition coefficient (Wildman–Crippen LogP) is 5.43. The van der Waals surface area contributed by atoms with Gasteiger partial charge in [0.25, 0.3) is 0 Å². The van der Waals surface area contributed by atoms with E-state index in [9.17, 15) is 9.59 Å². The highest BCUT2D eigenvalue weighted by molar-refractivity contribution is 5.96. The molecule has 0 N–H and O–H groups in total. The fourth-order valence-electron chi connectivity index (χ4n) is 3.44. The van der Waals surface area contributed by atoms with Crippen molar-refractivity contribution in [2.24, 2.45) is 0 Å². The van der Waals surface area contributed by atoms with E-state index >= 15 is 0 Å². The second kappa shape index (κ2) is 7.50. The zero-order chi connectivity index (χ0) is 21.4. The molecule has 2 aromatic heterocycles. The lowest BCUT2D eigenvalue weighted by atomic mass is 10.1. The van der Waals surface area contributed by atoms with Crippen molar-refractivity contribution >= 4 is 27.9 Å². The number of carbonyl (C=O) groups is 1. The first-order valence-electron chi connectivity index (χ1n) is 9.54. The summed E-state index contributed by atoms with van der Waals surface area (Å²) in [5, 5.41) is 1.51. The molecule has 0 aliphatic rings. The van der Waals surface area contributed by atoms with Gasteiger partial charge in [0.1, 0.15) is 28.4 Å². The van der Waals surface area contributed by atoms with Gasteiger partial charge in [-0.25, -0.2) is 9.59 Å². The molecular weight excluding hydrogens is 396 g/mol. The van der Waals surface area contributed by atoms with Crippen LogP contribution in [0.25, 0.3) is 33.3 Å². The van der Waals surface area contributed by atoms with Gasteiger partial charge < -0.3 is 18.3 Å². The van der Waals surface area contributed by atoms with Gasteiger partial charge in [-0.05, 0) is 48.5 Å². The molecule has 6 nitrogen and oxygen atoms in total. The standard InChI is InChI=1S/C25H16O6/c1-28-17-7-4-6-16(11-17)25(27)29-18-9-10-22-19(13-18)20(14-24(26)31-22)23-12-15-5-2-3-8-21(15)30-23/h2-14H,1H3. The molecule has 3 aromatic carbocycles. The third-order valence-corrected chi connectivity index (χ3v) is 4.92. The molecule has 0 radical (unpaired) electrons. The van der Waals surface area contributed by atoms with Crippen LogP contribution >= 0.6 is 0 Å². The number of fused-ring (bicyclic) bond motifs is 2. The van der Waals surface area contributed by atoms with E-state index in [0.29, 0.717) is 44.9 Å². The summed E-state index contributed by atoms with van der Waals surface area (Å²) in [6, 6.07) is 22.3. The minimum Gasteiger partial charge on any atom is -0.497 e. The lowest BCUT2D eigenvalue weighted by Crippen LogP contribution is -2.08. The Morgan fingerprint density at radius 2 is 1.68 bits per heavy atom. The Labute approximate surface area is 176 Å². The van der Waals surface area contributed by atoms with Gasteiger partial charge in [-0.3, -0.25) is 0 Å². The van der Waals surface area contributed by atoms with Gasteiger partial charge in [0.15, 0.2) is 0 Å². The van der Waals surface area contributed by atoms with E-state index in [1.807, 2.05) is 30.3 Å². The van der Waals surface area contributed by atoms with Crippen LogP contribution in [0.3, 0.4) is 0 Å². The molecule has 0 aliphatic carbocycles. The number of ether oxygens (including phenoxy) is 2. The van der Waals surface area contributed by atoms with Crippen molar-refractivity contribution in [3.63, 3.8) is 0 Å². The molecule has 0 aliphatic heterocycles. The van der Waals surface area contributed by atoms with Crippen molar-refractivity contribution in [1.29, 1.82) is 0 Å². The van der Waals surface area contributed by atoms with Crippen LogP contribution in [0.5, 0.6) is 11.5 Å². The summed E-state index contributed by atoms with van der Waals surface area (Å²) in [7, 11) is 1.53. The van der Waals surface area contributed by atoms with Crippen LogP contribution < -0.4 is 15.1 Å². The van der Waals surface area contributed by atoms with Gasteiger partial charge >= 0.3 is 11.6 Å². The van der Waals surface area contributed by atoms with Crippen LogP contribution in [0, 0.1) is 0 Å². The highest BCUT2D eigenvalue weighted by atomic mass is 16.5. The third-order valence-electron chi connectivity index (χ3n) is 4.92. The van der Waals surface area contributed by atoms with E-state index in [1.54, 1.807) is 42.5 Å². The Morgan fingerprint density at radius 3 is 2.52 bits per heavy atom. The summed E-state index contributed by atoms with van der Waals surface area (Å²) >= 11 is 0. The average molecular weight is 412 g/mol. The summed E-state index contributed by atoms with van der Waals surface area (Å²) in [5.74, 6) is 0.865. The minimum atomic E-state index is -0.527. The van der Waals surface area contributed by atoms with Gasteiger partial charge in [-0.2, -0.15) is 0 Å². The van der Waals surface area contributed by atoms with Crippen molar-refractivity contribution in [2.75, 3.05) is 7.11 Å². The summed E-state index contributed by atoms with van der Waals surface area (Å²) in [4.78, 5) is 24.7. The SMILES string of the molecule is COc1cccc(C(=O)Oc2ccc3oc(=O)cc(-c4cc5ccccc5o4)c3c2)c1. The van der Waals surface area contributed by atoms with E-state index in [1.165, 1.54) is 13.2 Å². The number of rotatable bonds is 4. The van der Waals surface area contributed by atoms with Crippen molar-refractivity contribution < 1.29 is 23.1 Å². The van der Waals surface area contributed by atoms with Crippen LogP contribution in [-0.2, 0) is 0 Å². The molecule has 0 bridgehead atoms. The molecule has 5 rings (SSSR count). The minimum absolute atomic E-state index is 0.312. The lowest BCUT2D eigenvalue weighted by molar-refractivity contribution is 0.0734. The van der Waals surface area contributed by atoms with Crippen molar-refractivity contribution in [2.45, 2.75) is 0 Å². The van der Waals surface area contributed by atoms with Crippen LogP contribution in [0.15, 0.2) is 92.5 Å². The monoisotopic (exact) mass is 412 g/mol. The first-order valence-corrected chi connectivity index (χ1v) is 9.54. The summed E-state index contributed by atoms with van der Waals surface area (Å²) in [6.07, 6.45) is 0. The normalized spacial score (nSPS) is 11.0. The van der Waals surface area contributed by atoms with Gasteiger partial charge in [0.2, 0.25) is 0 Å². The first kappa shape index (κ1) is 18.7. The van der Waals surface area contributed by atoms with E-state index in [-0.39, 0.29) is 0 Å². The number of carbonyl (C=O) groups excluding carboxylic acids is 1. The molecule has 0 atom stereocenters. The number of para-hydroxylation sites is 1. The molecule has 5 aromatic rings. The van der Waals surface area contributed by atoms with E-state index in [4.69, 9.17) is 18.3 Å². The van der Waals surface area contributed by atoms with Crippen molar-refractivity contribution in [3.05, 3.63) is 94.8 Å². The molecule has 152 valence electrons. The van der Waals surface area contributed by atoms with E-state index in [2.05, 4.69) is 0 Å². The van der Waals surface area contributed by atoms with Crippen LogP contribution in [0.1, 0.15) is 10.4 Å². The van der Waals surface area contributed by atoms with E-state index in [0.717, 1.165) is 5.39 Å². The lowest BCUT2D eigenvalue weighted by Gasteiger charge is -2.08. The zero-order valence-electron chi connectivity index (χ0n) is 16.5. The number of furan rings is 1. The third kappa shape index (κ3) is 3.55. The van der Waals surface area contributed by atoms with Gasteiger partial charge in [0, 0.05) is 22.4 Å². The molecule has 0 saturated heterocycles. The molecule has 6 heteroatoms. The second-order valence-corrected chi connectivity index (χ2v) is 6.91. The van der Waals surface area contributed by atoms with E-state index < -0.39 is 11.6 Å². The number of esters is 1. The summed E-state index contributed by atoms with van der Waals surface area (Å²) in [6.45, 7) is 0. The number of hydrogen-bond donors (Lipinski definition) is 0. The Kier molecular flexibility index (Phi) is 4.52. The summed E-state index contributed by atoms with van der Waals surface area (Å²) in [5.41, 5.74) is 1.49. The van der Waals surface area contributed by atoms with Crippen molar-refractivity contribution in [3.8, 4) is 22.8 Å². The molecule has 31 heavy (non-hydrogen) atoms. The van der Waals surface area contributed by atoms with Gasteiger partial charge in [0.05, 0.1) is 12.7 Å². The first-order chi connectivity index (χ1) is 15.1. The van der Waals surface area contributed by atoms with Crippen LogP contribution in [0.2, 0.25) is 0 Å². The highest BCUT2D eigenvalue weighted by Gasteiger charge is 2.15. The average Bonchev–Trinajstić information content (AvgIpc) is 3.23. The molecule has 0 saturated carbocycles. The summed E-state index contributed by atoms with van der Waals surface area (Å²) < 4.78 is 21.9. The Hall–Kier alpha value is -4.32. The smallest absolute Gasteiger partial charge is 0.343 e. The topological polar surface area (TPSA) is 78.9 Å². The number of benzene rings is 3. The molecule has 2 heterocycles. The zero-order valence-corrected chi connectivity index (χ0v) is 16.5. The quantitative estimate of drug-likeness (QED) is 0.222. The molecule has 0 unspecified atom stereocenters. The Bertz CT molecular complexity index is 1460. The number of methoxy groups -OCH3 is 1. The predicted molar refractivity (Wildman–Crippen MR) is 116 cm³/mol. The maximum Gasteiger partial charge on any atom is 0.343 e. The highest BCUT2D eigenvalue weighted by Crippen LogP contribution is 2.34. The molecule has 0 fully saturated rings. The maximum atomic E-state index is 12.6.